The van der Waals surface area contributed by atoms with E-state index in [1.165, 1.54) is 12.5 Å². The average Bonchev–Trinajstić information content (AvgIpc) is 2.01. The highest BCUT2D eigenvalue weighted by Gasteiger charge is 2.26. The Balaban J connectivity index is 2.67. The zero-order valence-corrected chi connectivity index (χ0v) is 7.72. The highest BCUT2D eigenvalue weighted by Crippen LogP contribution is 2.12. The van der Waals surface area contributed by atoms with Crippen LogP contribution in [0.2, 0.25) is 0 Å². The molecular formula is C7H10O4S. The molecule has 0 aromatic heterocycles. The van der Waals surface area contributed by atoms with Crippen LogP contribution in [0.15, 0.2) is 11.2 Å². The van der Waals surface area contributed by atoms with Gasteiger partial charge in [-0.15, -0.1) is 0 Å². The molecule has 12 heavy (non-hydrogen) atoms. The normalized spacial score (nSPS) is 28.7. The molecule has 2 unspecified atom stereocenters. The third-order valence-corrected chi connectivity index (χ3v) is 2.63. The van der Waals surface area contributed by atoms with Crippen LogP contribution < -0.4 is 0 Å². The molecule has 0 spiro atoms. The lowest BCUT2D eigenvalue weighted by Crippen LogP contribution is -2.32. The minimum atomic E-state index is -1.11. The Morgan fingerprint density at radius 3 is 3.00 bits per heavy atom. The van der Waals surface area contributed by atoms with E-state index in [-0.39, 0.29) is 5.75 Å². The summed E-state index contributed by atoms with van der Waals surface area (Å²) >= 11 is 0. The van der Waals surface area contributed by atoms with Crippen molar-refractivity contribution in [1.29, 1.82) is 0 Å². The Kier molecular flexibility index (Phi) is 2.86. The van der Waals surface area contributed by atoms with E-state index >= 15 is 0 Å². The Hall–Kier alpha value is -0.840. The van der Waals surface area contributed by atoms with Crippen molar-refractivity contribution in [3.8, 4) is 0 Å². The summed E-state index contributed by atoms with van der Waals surface area (Å²) in [5.74, 6) is 0.218. The Bertz CT molecular complexity index is 246. The monoisotopic (exact) mass is 190 g/mol. The maximum absolute atomic E-state index is 11.1. The molecule has 0 aliphatic carbocycles. The predicted octanol–water partition coefficient (Wildman–Crippen LogP) is 0.168. The molecule has 68 valence electrons. The van der Waals surface area contributed by atoms with Crippen LogP contribution in [0.1, 0.15) is 6.92 Å². The molecule has 0 aromatic rings. The van der Waals surface area contributed by atoms with Crippen molar-refractivity contribution in [3.05, 3.63) is 11.2 Å². The molecule has 4 nitrogen and oxygen atoms in total. The quantitative estimate of drug-likeness (QED) is 0.553. The number of rotatable bonds is 1. The maximum atomic E-state index is 11.1. The summed E-state index contributed by atoms with van der Waals surface area (Å²) in [5, 5.41) is 1.49. The molecule has 0 radical (unpaired) electrons. The Morgan fingerprint density at radius 2 is 2.50 bits per heavy atom. The number of hydrogen-bond donors (Lipinski definition) is 0. The molecule has 0 saturated carbocycles. The van der Waals surface area contributed by atoms with Crippen LogP contribution in [0.5, 0.6) is 0 Å². The molecule has 1 aliphatic rings. The fourth-order valence-electron chi connectivity index (χ4n) is 0.916. The fourth-order valence-corrected chi connectivity index (χ4v) is 1.94. The van der Waals surface area contributed by atoms with Crippen molar-refractivity contribution in [2.24, 2.45) is 0 Å². The molecule has 1 aliphatic heterocycles. The van der Waals surface area contributed by atoms with Gasteiger partial charge in [-0.25, -0.2) is 4.79 Å². The Labute approximate surface area is 73.0 Å². The number of carbonyl (C=O) groups is 1. The van der Waals surface area contributed by atoms with Gasteiger partial charge < -0.3 is 9.47 Å². The Morgan fingerprint density at radius 1 is 1.83 bits per heavy atom. The van der Waals surface area contributed by atoms with Crippen molar-refractivity contribution >= 4 is 16.8 Å². The van der Waals surface area contributed by atoms with Crippen molar-refractivity contribution in [2.45, 2.75) is 13.0 Å². The van der Waals surface area contributed by atoms with Gasteiger partial charge in [-0.3, -0.25) is 4.21 Å². The van der Waals surface area contributed by atoms with Gasteiger partial charge in [0.05, 0.1) is 23.7 Å². The number of methoxy groups -OCH3 is 1. The largest absolute Gasteiger partial charge is 0.482 e. The van der Waals surface area contributed by atoms with E-state index < -0.39 is 22.9 Å². The molecule has 0 aromatic carbocycles. The van der Waals surface area contributed by atoms with Gasteiger partial charge in [-0.05, 0) is 6.92 Å². The van der Waals surface area contributed by atoms with Gasteiger partial charge in [0.1, 0.15) is 5.76 Å². The fraction of sp³-hybridized carbons (Fsp3) is 0.571. The number of ether oxygens (including phenoxy) is 2. The summed E-state index contributed by atoms with van der Waals surface area (Å²) in [4.78, 5) is 10.9. The van der Waals surface area contributed by atoms with Gasteiger partial charge in [-0.2, -0.15) is 0 Å². The topological polar surface area (TPSA) is 52.6 Å². The minimum absolute atomic E-state index is 0.185. The molecule has 0 bridgehead atoms. The lowest BCUT2D eigenvalue weighted by Gasteiger charge is -2.19. The predicted molar refractivity (Wildman–Crippen MR) is 43.7 cm³/mol. The second kappa shape index (κ2) is 3.71. The highest BCUT2D eigenvalue weighted by molar-refractivity contribution is 7.88. The molecule has 5 heteroatoms. The molecule has 0 fully saturated rings. The zero-order valence-electron chi connectivity index (χ0n) is 6.90. The van der Waals surface area contributed by atoms with Gasteiger partial charge in [0.15, 0.2) is 0 Å². The van der Waals surface area contributed by atoms with Crippen molar-refractivity contribution < 1.29 is 18.5 Å². The summed E-state index contributed by atoms with van der Waals surface area (Å²) < 4.78 is 20.6. The summed E-state index contributed by atoms with van der Waals surface area (Å²) in [6, 6.07) is 0. The van der Waals surface area contributed by atoms with E-state index in [4.69, 9.17) is 4.74 Å². The van der Waals surface area contributed by atoms with Crippen molar-refractivity contribution in [2.75, 3.05) is 12.9 Å². The van der Waals surface area contributed by atoms with Crippen molar-refractivity contribution in [1.82, 2.24) is 0 Å². The molecule has 0 amide bonds. The lowest BCUT2D eigenvalue weighted by molar-refractivity contribution is -0.150. The molecule has 0 saturated heterocycles. The van der Waals surface area contributed by atoms with Crippen LogP contribution in [0.3, 0.4) is 0 Å². The summed E-state index contributed by atoms with van der Waals surface area (Å²) in [5.41, 5.74) is 0. The van der Waals surface area contributed by atoms with Crippen molar-refractivity contribution in [3.63, 3.8) is 0 Å². The SMILES string of the molecule is COC(=O)C1CS(=O)C=C(C)O1. The summed E-state index contributed by atoms with van der Waals surface area (Å²) in [7, 11) is 0.170. The van der Waals surface area contributed by atoms with Gasteiger partial charge >= 0.3 is 5.97 Å². The number of allylic oxidation sites excluding steroid dienone is 1. The number of carbonyl (C=O) groups excluding carboxylic acids is 1. The second-order valence-corrected chi connectivity index (χ2v) is 3.74. The standard InChI is InChI=1S/C7H10O4S/c1-5-3-12(9)4-6(11-5)7(8)10-2/h3,6H,4H2,1-2H3. The van der Waals surface area contributed by atoms with Gasteiger partial charge in [-0.1, -0.05) is 0 Å². The van der Waals surface area contributed by atoms with E-state index in [0.29, 0.717) is 5.76 Å². The van der Waals surface area contributed by atoms with Gasteiger partial charge in [0.25, 0.3) is 0 Å². The lowest BCUT2D eigenvalue weighted by atomic mass is 10.4. The van der Waals surface area contributed by atoms with E-state index in [1.54, 1.807) is 6.92 Å². The number of esters is 1. The number of hydrogen-bond acceptors (Lipinski definition) is 4. The third-order valence-electron chi connectivity index (χ3n) is 1.41. The summed E-state index contributed by atoms with van der Waals surface area (Å²) in [6.45, 7) is 1.66. The molecule has 2 atom stereocenters. The smallest absolute Gasteiger partial charge is 0.348 e. The highest BCUT2D eigenvalue weighted by atomic mass is 32.2. The molecule has 1 rings (SSSR count). The van der Waals surface area contributed by atoms with Gasteiger partial charge in [0.2, 0.25) is 6.10 Å². The van der Waals surface area contributed by atoms with E-state index in [0.717, 1.165) is 0 Å². The zero-order chi connectivity index (χ0) is 9.14. The molecule has 1 heterocycles. The first-order valence-corrected chi connectivity index (χ1v) is 4.82. The second-order valence-electron chi connectivity index (χ2n) is 2.41. The van der Waals surface area contributed by atoms with E-state index in [9.17, 15) is 9.00 Å². The first-order chi connectivity index (χ1) is 5.63. The first-order valence-electron chi connectivity index (χ1n) is 3.43. The third kappa shape index (κ3) is 2.07. The van der Waals surface area contributed by atoms with E-state index in [1.807, 2.05) is 0 Å². The first kappa shape index (κ1) is 9.25. The van der Waals surface area contributed by atoms with Crippen LogP contribution in [0.25, 0.3) is 0 Å². The van der Waals surface area contributed by atoms with Crippen LogP contribution in [-0.2, 0) is 25.1 Å². The van der Waals surface area contributed by atoms with Crippen LogP contribution >= 0.6 is 0 Å². The molecule has 0 N–H and O–H groups in total. The van der Waals surface area contributed by atoms with Crippen LogP contribution in [0, 0.1) is 0 Å². The maximum Gasteiger partial charge on any atom is 0.348 e. The average molecular weight is 190 g/mol. The molecular weight excluding hydrogens is 180 g/mol. The summed E-state index contributed by atoms with van der Waals surface area (Å²) in [6.07, 6.45) is -0.708. The van der Waals surface area contributed by atoms with Gasteiger partial charge in [0, 0.05) is 5.41 Å². The van der Waals surface area contributed by atoms with Crippen LogP contribution in [-0.4, -0.2) is 29.1 Å². The van der Waals surface area contributed by atoms with E-state index in [2.05, 4.69) is 4.74 Å². The minimum Gasteiger partial charge on any atom is -0.482 e. The van der Waals surface area contributed by atoms with Crippen LogP contribution in [0.4, 0.5) is 0 Å².